The maximum Gasteiger partial charge on any atom is 0.255 e. The van der Waals surface area contributed by atoms with Gasteiger partial charge in [-0.05, 0) is 49.2 Å². The average Bonchev–Trinajstić information content (AvgIpc) is 2.36. The second-order valence-electron chi connectivity index (χ2n) is 4.33. The van der Waals surface area contributed by atoms with Crippen molar-refractivity contribution in [2.45, 2.75) is 13.8 Å². The van der Waals surface area contributed by atoms with Gasteiger partial charge in [-0.1, -0.05) is 35.3 Å². The summed E-state index contributed by atoms with van der Waals surface area (Å²) in [6.45, 7) is 3.90. The van der Waals surface area contributed by atoms with Crippen molar-refractivity contribution in [2.24, 2.45) is 0 Å². The number of rotatable bonds is 2. The molecule has 0 aliphatic rings. The molecule has 2 aromatic rings. The minimum absolute atomic E-state index is 0.176. The van der Waals surface area contributed by atoms with Crippen molar-refractivity contribution in [3.05, 3.63) is 63.1 Å². The molecule has 0 bridgehead atoms. The van der Waals surface area contributed by atoms with Gasteiger partial charge < -0.3 is 5.32 Å². The zero-order valence-corrected chi connectivity index (χ0v) is 12.1. The molecule has 2 rings (SSSR count). The molecule has 0 radical (unpaired) electrons. The summed E-state index contributed by atoms with van der Waals surface area (Å²) in [5.41, 5.74) is 3.24. The van der Waals surface area contributed by atoms with Crippen LogP contribution in [-0.4, -0.2) is 5.91 Å². The molecule has 19 heavy (non-hydrogen) atoms. The Labute approximate surface area is 122 Å². The van der Waals surface area contributed by atoms with E-state index in [1.54, 1.807) is 24.3 Å². The zero-order chi connectivity index (χ0) is 14.0. The Morgan fingerprint density at radius 3 is 2.53 bits per heavy atom. The molecule has 4 heteroatoms. The predicted octanol–water partition coefficient (Wildman–Crippen LogP) is 4.86. The first-order chi connectivity index (χ1) is 8.99. The van der Waals surface area contributed by atoms with Crippen molar-refractivity contribution in [1.82, 2.24) is 0 Å². The Kier molecular flexibility index (Phi) is 4.13. The molecule has 2 aromatic carbocycles. The molecule has 1 amide bonds. The van der Waals surface area contributed by atoms with Crippen molar-refractivity contribution in [3.8, 4) is 0 Å². The first-order valence-electron chi connectivity index (χ1n) is 5.81. The van der Waals surface area contributed by atoms with Gasteiger partial charge in [0.1, 0.15) is 0 Å². The Morgan fingerprint density at radius 2 is 1.84 bits per heavy atom. The first kappa shape index (κ1) is 13.9. The molecule has 1 N–H and O–H groups in total. The minimum Gasteiger partial charge on any atom is -0.321 e. The quantitative estimate of drug-likeness (QED) is 0.841. The van der Waals surface area contributed by atoms with Crippen LogP contribution in [0.4, 0.5) is 5.69 Å². The monoisotopic (exact) mass is 293 g/mol. The fraction of sp³-hybridized carbons (Fsp3) is 0.133. The van der Waals surface area contributed by atoms with E-state index < -0.39 is 0 Å². The first-order valence-corrected chi connectivity index (χ1v) is 6.57. The van der Waals surface area contributed by atoms with E-state index in [1.807, 2.05) is 26.0 Å². The molecule has 0 unspecified atom stereocenters. The highest BCUT2D eigenvalue weighted by atomic mass is 35.5. The fourth-order valence-electron chi connectivity index (χ4n) is 1.78. The molecular weight excluding hydrogens is 281 g/mol. The van der Waals surface area contributed by atoms with Gasteiger partial charge in [0.25, 0.3) is 5.91 Å². The summed E-state index contributed by atoms with van der Waals surface area (Å²) in [5.74, 6) is -0.176. The van der Waals surface area contributed by atoms with Crippen molar-refractivity contribution in [1.29, 1.82) is 0 Å². The van der Waals surface area contributed by atoms with Crippen LogP contribution in [0.3, 0.4) is 0 Å². The van der Waals surface area contributed by atoms with E-state index in [2.05, 4.69) is 5.32 Å². The normalized spacial score (nSPS) is 10.3. The Balaban J connectivity index is 2.28. The van der Waals surface area contributed by atoms with Gasteiger partial charge in [-0.25, -0.2) is 0 Å². The molecule has 0 aromatic heterocycles. The van der Waals surface area contributed by atoms with Crippen LogP contribution in [0.25, 0.3) is 0 Å². The zero-order valence-electron chi connectivity index (χ0n) is 10.6. The molecular formula is C15H13Cl2NO. The molecule has 0 spiro atoms. The summed E-state index contributed by atoms with van der Waals surface area (Å²) >= 11 is 11.9. The lowest BCUT2D eigenvalue weighted by Crippen LogP contribution is -2.14. The highest BCUT2D eigenvalue weighted by Gasteiger charge is 2.12. The SMILES string of the molecule is Cc1cccc(C(=O)Nc2ccc(Cl)cc2Cl)c1C. The van der Waals surface area contributed by atoms with Crippen molar-refractivity contribution in [3.63, 3.8) is 0 Å². The second kappa shape index (κ2) is 5.64. The number of nitrogens with one attached hydrogen (secondary N) is 1. The number of carbonyl (C=O) groups excluding carboxylic acids is 1. The molecule has 0 fully saturated rings. The minimum atomic E-state index is -0.176. The third-order valence-electron chi connectivity index (χ3n) is 3.03. The topological polar surface area (TPSA) is 29.1 Å². The summed E-state index contributed by atoms with van der Waals surface area (Å²) in [5, 5.41) is 3.75. The van der Waals surface area contributed by atoms with E-state index in [0.717, 1.165) is 11.1 Å². The number of hydrogen-bond acceptors (Lipinski definition) is 1. The number of halogens is 2. The van der Waals surface area contributed by atoms with E-state index in [9.17, 15) is 4.79 Å². The van der Waals surface area contributed by atoms with Gasteiger partial charge in [-0.15, -0.1) is 0 Å². The van der Waals surface area contributed by atoms with Crippen LogP contribution < -0.4 is 5.32 Å². The fourth-order valence-corrected chi connectivity index (χ4v) is 2.23. The lowest BCUT2D eigenvalue weighted by Gasteiger charge is -2.10. The smallest absolute Gasteiger partial charge is 0.255 e. The van der Waals surface area contributed by atoms with E-state index >= 15 is 0 Å². The summed E-state index contributed by atoms with van der Waals surface area (Å²) in [6.07, 6.45) is 0. The van der Waals surface area contributed by atoms with Gasteiger partial charge in [0.05, 0.1) is 10.7 Å². The van der Waals surface area contributed by atoms with Crippen LogP contribution in [-0.2, 0) is 0 Å². The highest BCUT2D eigenvalue weighted by molar-refractivity contribution is 6.36. The molecule has 0 heterocycles. The van der Waals surface area contributed by atoms with Gasteiger partial charge >= 0.3 is 0 Å². The molecule has 98 valence electrons. The number of amides is 1. The van der Waals surface area contributed by atoms with Gasteiger partial charge in [0.2, 0.25) is 0 Å². The molecule has 0 atom stereocenters. The van der Waals surface area contributed by atoms with Crippen molar-refractivity contribution in [2.75, 3.05) is 5.32 Å². The summed E-state index contributed by atoms with van der Waals surface area (Å²) in [6, 6.07) is 10.6. The summed E-state index contributed by atoms with van der Waals surface area (Å²) in [7, 11) is 0. The summed E-state index contributed by atoms with van der Waals surface area (Å²) in [4.78, 5) is 12.2. The standard InChI is InChI=1S/C15H13Cl2NO/c1-9-4-3-5-12(10(9)2)15(19)18-14-7-6-11(16)8-13(14)17/h3-8H,1-2H3,(H,18,19). The van der Waals surface area contributed by atoms with Gasteiger partial charge in [-0.3, -0.25) is 4.79 Å². The number of aryl methyl sites for hydroxylation is 1. The maximum atomic E-state index is 12.2. The maximum absolute atomic E-state index is 12.2. The van der Waals surface area contributed by atoms with Crippen LogP contribution in [0.5, 0.6) is 0 Å². The molecule has 2 nitrogen and oxygen atoms in total. The highest BCUT2D eigenvalue weighted by Crippen LogP contribution is 2.26. The lowest BCUT2D eigenvalue weighted by atomic mass is 10.0. The average molecular weight is 294 g/mol. The molecule has 0 aliphatic heterocycles. The van der Waals surface area contributed by atoms with Gasteiger partial charge in [-0.2, -0.15) is 0 Å². The largest absolute Gasteiger partial charge is 0.321 e. The molecule has 0 saturated carbocycles. The van der Waals surface area contributed by atoms with E-state index in [0.29, 0.717) is 21.3 Å². The Bertz CT molecular complexity index is 638. The van der Waals surface area contributed by atoms with E-state index in [1.165, 1.54) is 0 Å². The molecule has 0 saturated heterocycles. The number of hydrogen-bond donors (Lipinski definition) is 1. The van der Waals surface area contributed by atoms with Gasteiger partial charge in [0.15, 0.2) is 0 Å². The third-order valence-corrected chi connectivity index (χ3v) is 3.58. The van der Waals surface area contributed by atoms with Crippen LogP contribution >= 0.6 is 23.2 Å². The Morgan fingerprint density at radius 1 is 1.11 bits per heavy atom. The number of anilines is 1. The number of benzene rings is 2. The van der Waals surface area contributed by atoms with Gasteiger partial charge in [0, 0.05) is 10.6 Å². The second-order valence-corrected chi connectivity index (χ2v) is 5.17. The number of carbonyl (C=O) groups is 1. The Hall–Kier alpha value is -1.51. The lowest BCUT2D eigenvalue weighted by molar-refractivity contribution is 0.102. The van der Waals surface area contributed by atoms with E-state index in [-0.39, 0.29) is 5.91 Å². The van der Waals surface area contributed by atoms with Crippen LogP contribution in [0.15, 0.2) is 36.4 Å². The summed E-state index contributed by atoms with van der Waals surface area (Å²) < 4.78 is 0. The van der Waals surface area contributed by atoms with E-state index in [4.69, 9.17) is 23.2 Å². The predicted molar refractivity (Wildman–Crippen MR) is 80.3 cm³/mol. The van der Waals surface area contributed by atoms with Crippen LogP contribution in [0.1, 0.15) is 21.5 Å². The van der Waals surface area contributed by atoms with Crippen molar-refractivity contribution >= 4 is 34.8 Å². The van der Waals surface area contributed by atoms with Crippen LogP contribution in [0.2, 0.25) is 10.0 Å². The van der Waals surface area contributed by atoms with Crippen molar-refractivity contribution < 1.29 is 4.79 Å². The van der Waals surface area contributed by atoms with Crippen LogP contribution in [0, 0.1) is 13.8 Å². The third kappa shape index (κ3) is 3.09. The molecule has 0 aliphatic carbocycles.